The van der Waals surface area contributed by atoms with Crippen LogP contribution in [-0.2, 0) is 23.8 Å². The molecule has 5 atom stereocenters. The number of ketones is 1. The summed E-state index contributed by atoms with van der Waals surface area (Å²) in [7, 11) is 0. The van der Waals surface area contributed by atoms with Crippen molar-refractivity contribution in [1.29, 1.82) is 0 Å². The Kier molecular flexibility index (Phi) is 22.2. The topological polar surface area (TPSA) is 94.1 Å². The van der Waals surface area contributed by atoms with Gasteiger partial charge in [0, 0.05) is 12.5 Å². The van der Waals surface area contributed by atoms with Gasteiger partial charge in [0.2, 0.25) is 12.2 Å². The number of Topliss-reactive ketones (excluding diaryl/α,β-unsaturated/α-hetero) is 1. The van der Waals surface area contributed by atoms with Gasteiger partial charge >= 0.3 is 0 Å². The van der Waals surface area contributed by atoms with Crippen molar-refractivity contribution in [2.45, 2.75) is 110 Å². The first kappa shape index (κ1) is 38.5. The fraction of sp³-hybridized carbons (Fsp3) is 0.526. The SMILES string of the molecule is C#CC#CC#CC#CC#CC#CC#CCC(=O)CC(=O)N[C@H]1[C@@H](O/C=C\C)O[C@H](CO)[C@@H](C)[C@@H]1OCCCCCCCCCC. The summed E-state index contributed by atoms with van der Waals surface area (Å²) in [6.07, 6.45) is 15.1. The molecule has 0 aromatic rings. The van der Waals surface area contributed by atoms with Crippen LogP contribution in [0, 0.1) is 89.3 Å². The molecule has 7 nitrogen and oxygen atoms in total. The molecule has 0 bridgehead atoms. The number of hydrogen-bond acceptors (Lipinski definition) is 6. The number of allylic oxidation sites excluding steroid dienone is 1. The average molecular weight is 610 g/mol. The highest BCUT2D eigenvalue weighted by molar-refractivity contribution is 5.99. The van der Waals surface area contributed by atoms with Gasteiger partial charge in [-0.1, -0.05) is 70.8 Å². The van der Waals surface area contributed by atoms with Crippen molar-refractivity contribution in [2.75, 3.05) is 13.2 Å². The van der Waals surface area contributed by atoms with E-state index in [2.05, 4.69) is 89.2 Å². The molecule has 0 spiro atoms. The molecule has 236 valence electrons. The second-order valence-electron chi connectivity index (χ2n) is 10.2. The van der Waals surface area contributed by atoms with Crippen LogP contribution in [0.4, 0.5) is 0 Å². The molecule has 0 aromatic heterocycles. The van der Waals surface area contributed by atoms with E-state index in [0.717, 1.165) is 19.3 Å². The van der Waals surface area contributed by atoms with E-state index < -0.39 is 30.4 Å². The molecule has 1 heterocycles. The molecule has 1 aliphatic heterocycles. The van der Waals surface area contributed by atoms with Crippen molar-refractivity contribution in [3.05, 3.63) is 12.3 Å². The first-order chi connectivity index (χ1) is 22.0. The van der Waals surface area contributed by atoms with Crippen LogP contribution in [-0.4, -0.2) is 54.6 Å². The summed E-state index contributed by atoms with van der Waals surface area (Å²) in [6.45, 7) is 6.21. The molecule has 1 amide bonds. The molecule has 0 saturated carbocycles. The zero-order valence-corrected chi connectivity index (χ0v) is 26.6. The molecule has 1 saturated heterocycles. The summed E-state index contributed by atoms with van der Waals surface area (Å²) < 4.78 is 18.0. The lowest BCUT2D eigenvalue weighted by atomic mass is 9.89. The van der Waals surface area contributed by atoms with Crippen LogP contribution >= 0.6 is 0 Å². The summed E-state index contributed by atoms with van der Waals surface area (Å²) in [5.74, 6) is 30.8. The summed E-state index contributed by atoms with van der Waals surface area (Å²) in [6, 6.07) is -0.686. The van der Waals surface area contributed by atoms with E-state index >= 15 is 0 Å². The first-order valence-corrected chi connectivity index (χ1v) is 15.4. The van der Waals surface area contributed by atoms with Crippen molar-refractivity contribution in [3.8, 4) is 83.4 Å². The van der Waals surface area contributed by atoms with E-state index in [0.29, 0.717) is 6.61 Å². The molecule has 1 fully saturated rings. The highest BCUT2D eigenvalue weighted by Crippen LogP contribution is 2.29. The van der Waals surface area contributed by atoms with Gasteiger partial charge in [-0.3, -0.25) is 9.59 Å². The average Bonchev–Trinajstić information content (AvgIpc) is 3.03. The second kappa shape index (κ2) is 25.9. The van der Waals surface area contributed by atoms with E-state index in [1.165, 1.54) is 38.4 Å². The Morgan fingerprint density at radius 1 is 0.889 bits per heavy atom. The number of amides is 1. The third-order valence-electron chi connectivity index (χ3n) is 6.65. The van der Waals surface area contributed by atoms with Gasteiger partial charge in [-0.15, -0.1) is 6.42 Å². The van der Waals surface area contributed by atoms with Crippen LogP contribution in [0.1, 0.15) is 85.0 Å². The Morgan fingerprint density at radius 2 is 1.47 bits per heavy atom. The van der Waals surface area contributed by atoms with E-state index in [1.54, 1.807) is 13.0 Å². The number of unbranched alkanes of at least 4 members (excludes halogenated alkanes) is 7. The molecule has 0 aliphatic carbocycles. The maximum absolute atomic E-state index is 12.9. The molecule has 0 radical (unpaired) electrons. The summed E-state index contributed by atoms with van der Waals surface area (Å²) in [4.78, 5) is 25.3. The molecule has 45 heavy (non-hydrogen) atoms. The number of aliphatic hydroxyl groups excluding tert-OH is 1. The summed E-state index contributed by atoms with van der Waals surface area (Å²) in [5.41, 5.74) is 0. The van der Waals surface area contributed by atoms with E-state index in [9.17, 15) is 14.7 Å². The predicted octanol–water partition coefficient (Wildman–Crippen LogP) is 3.90. The molecule has 2 N–H and O–H groups in total. The molecule has 7 heteroatoms. The third-order valence-corrected chi connectivity index (χ3v) is 6.65. The molecule has 1 rings (SSSR count). The number of terminal acetylenes is 1. The molecule has 0 aromatic carbocycles. The molecular formula is C38H43NO6. The molecular weight excluding hydrogens is 566 g/mol. The number of aliphatic hydroxyl groups is 1. The van der Waals surface area contributed by atoms with Gasteiger partial charge in [-0.2, -0.15) is 0 Å². The minimum atomic E-state index is -0.896. The maximum atomic E-state index is 12.9. The van der Waals surface area contributed by atoms with Crippen molar-refractivity contribution in [1.82, 2.24) is 5.32 Å². The Bertz CT molecular complexity index is 1380. The Balaban J connectivity index is 2.73. The lowest BCUT2D eigenvalue weighted by Gasteiger charge is -2.44. The second-order valence-corrected chi connectivity index (χ2v) is 10.2. The standard InChI is InChI=1S/C38H43NO6/c1-5-8-10-12-14-16-17-18-19-20-21-23-25-27-33(41)30-35(42)39-36-37(43-29-26-24-22-15-13-11-9-6-2)32(4)34(31-40)45-38(36)44-28-7-3/h1,7,28,32,34,36-38,40H,6,9,11,13,15,22,24,26-27,29-31H2,2-4H3,(H,39,42)/b28-7-/t32-,34-,36-,37+,38+/m1/s1. The van der Waals surface area contributed by atoms with Gasteiger partial charge in [-0.05, 0) is 84.4 Å². The summed E-state index contributed by atoms with van der Waals surface area (Å²) >= 11 is 0. The number of ether oxygens (including phenoxy) is 3. The number of carbonyl (C=O) groups is 2. The highest BCUT2D eigenvalue weighted by Gasteiger charge is 2.46. The van der Waals surface area contributed by atoms with Crippen molar-refractivity contribution in [3.63, 3.8) is 0 Å². The zero-order chi connectivity index (χ0) is 33.0. The Hall–Kier alpha value is -4.52. The van der Waals surface area contributed by atoms with Crippen LogP contribution in [0.15, 0.2) is 12.3 Å². The number of rotatable bonds is 17. The van der Waals surface area contributed by atoms with Gasteiger partial charge in [0.25, 0.3) is 0 Å². The third kappa shape index (κ3) is 18.0. The number of carbonyl (C=O) groups excluding carboxylic acids is 2. The van der Waals surface area contributed by atoms with Crippen LogP contribution in [0.3, 0.4) is 0 Å². The normalized spacial score (nSPS) is 19.4. The van der Waals surface area contributed by atoms with Crippen molar-refractivity contribution in [2.24, 2.45) is 5.92 Å². The van der Waals surface area contributed by atoms with E-state index in [-0.39, 0.29) is 31.1 Å². The molecule has 0 unspecified atom stereocenters. The van der Waals surface area contributed by atoms with Gasteiger partial charge in [0.05, 0.1) is 37.9 Å². The quantitative estimate of drug-likeness (QED) is 0.113. The van der Waals surface area contributed by atoms with Crippen molar-refractivity contribution >= 4 is 11.7 Å². The van der Waals surface area contributed by atoms with E-state index in [1.807, 2.05) is 6.92 Å². The summed E-state index contributed by atoms with van der Waals surface area (Å²) in [5, 5.41) is 12.8. The minimum absolute atomic E-state index is 0.148. The van der Waals surface area contributed by atoms with Crippen molar-refractivity contribution < 1.29 is 28.9 Å². The fourth-order valence-corrected chi connectivity index (χ4v) is 4.40. The maximum Gasteiger partial charge on any atom is 0.228 e. The van der Waals surface area contributed by atoms with Gasteiger partial charge in [0.1, 0.15) is 6.04 Å². The minimum Gasteiger partial charge on any atom is -0.471 e. The van der Waals surface area contributed by atoms with Crippen LogP contribution in [0.5, 0.6) is 0 Å². The Morgan fingerprint density at radius 3 is 2.04 bits per heavy atom. The van der Waals surface area contributed by atoms with Crippen LogP contribution in [0.25, 0.3) is 0 Å². The Labute approximate surface area is 270 Å². The van der Waals surface area contributed by atoms with E-state index in [4.69, 9.17) is 20.6 Å². The number of nitrogens with one attached hydrogen (secondary N) is 1. The van der Waals surface area contributed by atoms with Gasteiger partial charge in [0.15, 0.2) is 5.78 Å². The first-order valence-electron chi connectivity index (χ1n) is 15.4. The predicted molar refractivity (Wildman–Crippen MR) is 175 cm³/mol. The van der Waals surface area contributed by atoms with Gasteiger partial charge in [-0.25, -0.2) is 0 Å². The monoisotopic (exact) mass is 609 g/mol. The lowest BCUT2D eigenvalue weighted by Crippen LogP contribution is -2.62. The molecule has 1 aliphatic rings. The highest BCUT2D eigenvalue weighted by atomic mass is 16.7. The van der Waals surface area contributed by atoms with Gasteiger partial charge < -0.3 is 24.6 Å². The smallest absolute Gasteiger partial charge is 0.228 e. The number of hydrogen-bond donors (Lipinski definition) is 2. The lowest BCUT2D eigenvalue weighted by molar-refractivity contribution is -0.245. The zero-order valence-electron chi connectivity index (χ0n) is 26.6. The van der Waals surface area contributed by atoms with Crippen LogP contribution in [0.2, 0.25) is 0 Å². The largest absolute Gasteiger partial charge is 0.471 e. The fourth-order valence-electron chi connectivity index (χ4n) is 4.40. The van der Waals surface area contributed by atoms with Crippen LogP contribution < -0.4 is 5.32 Å².